The van der Waals surface area contributed by atoms with Crippen molar-refractivity contribution in [3.8, 4) is 0 Å². The van der Waals surface area contributed by atoms with Gasteiger partial charge in [-0.3, -0.25) is 9.69 Å². The quantitative estimate of drug-likeness (QED) is 0.828. The molecule has 0 bridgehead atoms. The zero-order valence-corrected chi connectivity index (χ0v) is 14.8. The van der Waals surface area contributed by atoms with Crippen molar-refractivity contribution in [2.75, 3.05) is 0 Å². The molecule has 3 rings (SSSR count). The van der Waals surface area contributed by atoms with Crippen LogP contribution in [0, 0.1) is 6.92 Å². The third-order valence-electron chi connectivity index (χ3n) is 4.21. The Bertz CT molecular complexity index is 820. The number of benzene rings is 2. The normalized spacial score (nSPS) is 20.4. The summed E-state index contributed by atoms with van der Waals surface area (Å²) in [7, 11) is 0. The van der Waals surface area contributed by atoms with Crippen molar-refractivity contribution in [2.24, 2.45) is 0 Å². The molecular formula is C18H16Cl2N2O2. The summed E-state index contributed by atoms with van der Waals surface area (Å²) in [5.41, 5.74) is 1.33. The van der Waals surface area contributed by atoms with Gasteiger partial charge >= 0.3 is 6.03 Å². The molecule has 24 heavy (non-hydrogen) atoms. The molecule has 2 aromatic carbocycles. The van der Waals surface area contributed by atoms with Crippen molar-refractivity contribution < 1.29 is 9.59 Å². The lowest BCUT2D eigenvalue weighted by molar-refractivity contribution is -0.131. The first kappa shape index (κ1) is 16.8. The van der Waals surface area contributed by atoms with Crippen molar-refractivity contribution in [1.82, 2.24) is 10.2 Å². The van der Waals surface area contributed by atoms with E-state index in [-0.39, 0.29) is 12.5 Å². The second-order valence-corrected chi connectivity index (χ2v) is 6.90. The van der Waals surface area contributed by atoms with Crippen LogP contribution in [0.2, 0.25) is 10.0 Å². The predicted molar refractivity (Wildman–Crippen MR) is 94.1 cm³/mol. The van der Waals surface area contributed by atoms with Crippen LogP contribution in [0.5, 0.6) is 0 Å². The Kier molecular flexibility index (Phi) is 4.28. The Hall–Kier alpha value is -2.04. The molecule has 1 N–H and O–H groups in total. The third-order valence-corrected chi connectivity index (χ3v) is 4.75. The van der Waals surface area contributed by atoms with Crippen LogP contribution in [0.4, 0.5) is 4.79 Å². The molecule has 124 valence electrons. The van der Waals surface area contributed by atoms with E-state index >= 15 is 0 Å². The molecule has 0 radical (unpaired) electrons. The fraction of sp³-hybridized carbons (Fsp3) is 0.222. The summed E-state index contributed by atoms with van der Waals surface area (Å²) < 4.78 is 0. The van der Waals surface area contributed by atoms with Gasteiger partial charge in [0.25, 0.3) is 5.91 Å². The van der Waals surface area contributed by atoms with E-state index < -0.39 is 11.6 Å². The van der Waals surface area contributed by atoms with Gasteiger partial charge in [0, 0.05) is 15.6 Å². The molecule has 4 nitrogen and oxygen atoms in total. The zero-order chi connectivity index (χ0) is 17.5. The van der Waals surface area contributed by atoms with E-state index in [1.54, 1.807) is 25.1 Å². The Morgan fingerprint density at radius 1 is 1.08 bits per heavy atom. The Labute approximate surface area is 150 Å². The van der Waals surface area contributed by atoms with Crippen LogP contribution in [0.1, 0.15) is 23.6 Å². The SMILES string of the molecule is Cc1ccc(CN2C(=O)NC(C)(c3ccc(Cl)cc3Cl)C2=O)cc1. The minimum Gasteiger partial charge on any atom is -0.319 e. The van der Waals surface area contributed by atoms with E-state index in [2.05, 4.69) is 5.32 Å². The molecule has 6 heteroatoms. The summed E-state index contributed by atoms with van der Waals surface area (Å²) >= 11 is 12.1. The smallest absolute Gasteiger partial charge is 0.319 e. The van der Waals surface area contributed by atoms with E-state index in [9.17, 15) is 9.59 Å². The number of urea groups is 1. The molecule has 2 aromatic rings. The highest BCUT2D eigenvalue weighted by atomic mass is 35.5. The molecule has 1 heterocycles. The molecule has 1 saturated heterocycles. The van der Waals surface area contributed by atoms with Gasteiger partial charge in [-0.05, 0) is 31.5 Å². The monoisotopic (exact) mass is 362 g/mol. The maximum absolute atomic E-state index is 12.9. The first-order valence-electron chi connectivity index (χ1n) is 7.46. The molecule has 0 saturated carbocycles. The minimum absolute atomic E-state index is 0.214. The molecule has 1 fully saturated rings. The van der Waals surface area contributed by atoms with Crippen molar-refractivity contribution in [1.29, 1.82) is 0 Å². The van der Waals surface area contributed by atoms with Gasteiger partial charge in [0.2, 0.25) is 0 Å². The summed E-state index contributed by atoms with van der Waals surface area (Å²) in [5.74, 6) is -0.336. The highest BCUT2D eigenvalue weighted by Gasteiger charge is 2.49. The molecule has 0 aliphatic carbocycles. The second-order valence-electron chi connectivity index (χ2n) is 6.06. The molecular weight excluding hydrogens is 347 g/mol. The maximum atomic E-state index is 12.9. The lowest BCUT2D eigenvalue weighted by Crippen LogP contribution is -2.41. The fourth-order valence-corrected chi connectivity index (χ4v) is 3.39. The number of aryl methyl sites for hydroxylation is 1. The Morgan fingerprint density at radius 2 is 1.75 bits per heavy atom. The third kappa shape index (κ3) is 2.87. The van der Waals surface area contributed by atoms with Crippen molar-refractivity contribution in [2.45, 2.75) is 25.9 Å². The zero-order valence-electron chi connectivity index (χ0n) is 13.3. The van der Waals surface area contributed by atoms with Crippen LogP contribution >= 0.6 is 23.2 Å². The second kappa shape index (κ2) is 6.11. The highest BCUT2D eigenvalue weighted by Crippen LogP contribution is 2.35. The van der Waals surface area contributed by atoms with Gasteiger partial charge in [-0.1, -0.05) is 59.1 Å². The van der Waals surface area contributed by atoms with Crippen molar-refractivity contribution >= 4 is 35.1 Å². The van der Waals surface area contributed by atoms with Crippen LogP contribution in [-0.2, 0) is 16.9 Å². The van der Waals surface area contributed by atoms with Gasteiger partial charge in [-0.25, -0.2) is 4.79 Å². The average Bonchev–Trinajstić information content (AvgIpc) is 2.73. The number of amides is 3. The van der Waals surface area contributed by atoms with Gasteiger partial charge in [0.05, 0.1) is 6.54 Å². The molecule has 1 atom stereocenters. The summed E-state index contributed by atoms with van der Waals surface area (Å²) in [6, 6.07) is 12.1. The van der Waals surface area contributed by atoms with Gasteiger partial charge in [0.1, 0.15) is 5.54 Å². The number of rotatable bonds is 3. The van der Waals surface area contributed by atoms with Crippen LogP contribution in [-0.4, -0.2) is 16.8 Å². The van der Waals surface area contributed by atoms with Gasteiger partial charge in [-0.15, -0.1) is 0 Å². The highest BCUT2D eigenvalue weighted by molar-refractivity contribution is 6.35. The van der Waals surface area contributed by atoms with Crippen LogP contribution in [0.3, 0.4) is 0 Å². The number of imide groups is 1. The molecule has 0 aromatic heterocycles. The number of nitrogens with one attached hydrogen (secondary N) is 1. The van der Waals surface area contributed by atoms with Gasteiger partial charge in [0.15, 0.2) is 0 Å². The summed E-state index contributed by atoms with van der Waals surface area (Å²) in [4.78, 5) is 26.4. The van der Waals surface area contributed by atoms with E-state index in [0.717, 1.165) is 11.1 Å². The van der Waals surface area contributed by atoms with Crippen LogP contribution in [0.15, 0.2) is 42.5 Å². The number of hydrogen-bond donors (Lipinski definition) is 1. The molecule has 1 aliphatic heterocycles. The molecule has 0 spiro atoms. The van der Waals surface area contributed by atoms with Gasteiger partial charge < -0.3 is 5.32 Å². The van der Waals surface area contributed by atoms with Crippen molar-refractivity contribution in [3.63, 3.8) is 0 Å². The van der Waals surface area contributed by atoms with Crippen LogP contribution < -0.4 is 5.32 Å². The Morgan fingerprint density at radius 3 is 2.38 bits per heavy atom. The number of nitrogens with zero attached hydrogens (tertiary/aromatic N) is 1. The number of halogens is 2. The fourth-order valence-electron chi connectivity index (χ4n) is 2.79. The lowest BCUT2D eigenvalue weighted by atomic mass is 9.92. The summed E-state index contributed by atoms with van der Waals surface area (Å²) in [6.07, 6.45) is 0. The predicted octanol–water partition coefficient (Wildman–Crippen LogP) is 4.27. The first-order chi connectivity index (χ1) is 11.3. The van der Waals surface area contributed by atoms with Gasteiger partial charge in [-0.2, -0.15) is 0 Å². The van der Waals surface area contributed by atoms with E-state index in [1.165, 1.54) is 4.90 Å². The Balaban J connectivity index is 1.91. The summed E-state index contributed by atoms with van der Waals surface area (Å²) in [5, 5.41) is 3.56. The van der Waals surface area contributed by atoms with E-state index in [4.69, 9.17) is 23.2 Å². The topological polar surface area (TPSA) is 49.4 Å². The lowest BCUT2D eigenvalue weighted by Gasteiger charge is -2.23. The number of carbonyl (C=O) groups is 2. The molecule has 1 aliphatic rings. The molecule has 1 unspecified atom stereocenters. The first-order valence-corrected chi connectivity index (χ1v) is 8.22. The van der Waals surface area contributed by atoms with Crippen LogP contribution in [0.25, 0.3) is 0 Å². The average molecular weight is 363 g/mol. The number of hydrogen-bond acceptors (Lipinski definition) is 2. The van der Waals surface area contributed by atoms with E-state index in [0.29, 0.717) is 15.6 Å². The minimum atomic E-state index is -1.20. The molecule has 3 amide bonds. The maximum Gasteiger partial charge on any atom is 0.325 e. The largest absolute Gasteiger partial charge is 0.325 e. The van der Waals surface area contributed by atoms with E-state index in [1.807, 2.05) is 31.2 Å². The standard InChI is InChI=1S/C18H16Cl2N2O2/c1-11-3-5-12(6-4-11)10-22-16(23)18(2,21-17(22)24)14-8-7-13(19)9-15(14)20/h3-9H,10H2,1-2H3,(H,21,24). The number of carbonyl (C=O) groups excluding carboxylic acids is 2. The summed E-state index contributed by atoms with van der Waals surface area (Å²) in [6.45, 7) is 3.85. The van der Waals surface area contributed by atoms with Crippen molar-refractivity contribution in [3.05, 3.63) is 69.2 Å².